The van der Waals surface area contributed by atoms with E-state index in [1.165, 1.54) is 77.0 Å². The van der Waals surface area contributed by atoms with E-state index in [0.717, 1.165) is 12.5 Å². The predicted octanol–water partition coefficient (Wildman–Crippen LogP) is 5.28. The first-order valence-electron chi connectivity index (χ1n) is 8.05. The van der Waals surface area contributed by atoms with Gasteiger partial charge in [-0.25, -0.2) is 0 Å². The van der Waals surface area contributed by atoms with E-state index in [0.29, 0.717) is 0 Å². The van der Waals surface area contributed by atoms with Gasteiger partial charge in [0.05, 0.1) is 0 Å². The zero-order chi connectivity index (χ0) is 12.8. The van der Waals surface area contributed by atoms with Gasteiger partial charge in [0.15, 0.2) is 0 Å². The van der Waals surface area contributed by atoms with E-state index in [1.807, 2.05) is 0 Å². The van der Waals surface area contributed by atoms with Crippen molar-refractivity contribution in [2.45, 2.75) is 90.9 Å². The summed E-state index contributed by atoms with van der Waals surface area (Å²) in [5.41, 5.74) is 5.47. The van der Waals surface area contributed by atoms with Gasteiger partial charge in [0, 0.05) is 0 Å². The van der Waals surface area contributed by atoms with Crippen LogP contribution in [0.3, 0.4) is 0 Å². The molecule has 0 bridgehead atoms. The molecule has 0 unspecified atom stereocenters. The van der Waals surface area contributed by atoms with Crippen molar-refractivity contribution in [3.63, 3.8) is 0 Å². The molecule has 104 valence electrons. The Labute approximate surface area is 110 Å². The van der Waals surface area contributed by atoms with Crippen LogP contribution in [0.2, 0.25) is 0 Å². The Morgan fingerprint density at radius 3 is 1.47 bits per heavy atom. The van der Waals surface area contributed by atoms with Crippen LogP contribution in [0.25, 0.3) is 0 Å². The molecular weight excluding hydrogens is 206 g/mol. The van der Waals surface area contributed by atoms with Crippen LogP contribution in [0.1, 0.15) is 90.9 Å². The summed E-state index contributed by atoms with van der Waals surface area (Å²) in [5, 5.41) is 0. The van der Waals surface area contributed by atoms with Crippen molar-refractivity contribution in [3.8, 4) is 0 Å². The Morgan fingerprint density at radius 2 is 1.06 bits per heavy atom. The Kier molecular flexibility index (Phi) is 14.0. The molecule has 17 heavy (non-hydrogen) atoms. The molecule has 0 atom stereocenters. The lowest BCUT2D eigenvalue weighted by Crippen LogP contribution is -1.97. The molecule has 0 rings (SSSR count). The van der Waals surface area contributed by atoms with Crippen LogP contribution in [0, 0.1) is 5.92 Å². The largest absolute Gasteiger partial charge is 0.330 e. The number of rotatable bonds is 13. The Morgan fingerprint density at radius 1 is 0.647 bits per heavy atom. The first-order chi connectivity index (χ1) is 8.35. The normalized spacial score (nSPS) is 11.3. The van der Waals surface area contributed by atoms with Crippen LogP contribution >= 0.6 is 0 Å². The number of unbranched alkanes of at least 4 members (excludes halogenated alkanes) is 8. The lowest BCUT2D eigenvalue weighted by molar-refractivity contribution is 0.426. The molecule has 1 nitrogen and oxygen atoms in total. The van der Waals surface area contributed by atoms with Crippen molar-refractivity contribution >= 4 is 0 Å². The standard InChI is InChI=1S/C16H35N/c1-3-16(4-2)14-12-10-8-6-5-7-9-11-13-15-17/h16H,3-15,17H2,1-2H3. The molecular formula is C16H35N. The number of nitrogens with two attached hydrogens (primary N) is 1. The summed E-state index contributed by atoms with van der Waals surface area (Å²) in [7, 11) is 0. The molecule has 2 N–H and O–H groups in total. The SMILES string of the molecule is CCC(CC)CCCCCCCCCCCN. The smallest absolute Gasteiger partial charge is 0.00773 e. The van der Waals surface area contributed by atoms with Gasteiger partial charge < -0.3 is 5.73 Å². The monoisotopic (exact) mass is 241 g/mol. The van der Waals surface area contributed by atoms with Gasteiger partial charge in [-0.1, -0.05) is 84.5 Å². The van der Waals surface area contributed by atoms with E-state index in [4.69, 9.17) is 5.73 Å². The fourth-order valence-electron chi connectivity index (χ4n) is 2.51. The predicted molar refractivity (Wildman–Crippen MR) is 79.3 cm³/mol. The summed E-state index contributed by atoms with van der Waals surface area (Å²) in [6, 6.07) is 0. The maximum absolute atomic E-state index is 5.47. The van der Waals surface area contributed by atoms with Crippen LogP contribution in [0.5, 0.6) is 0 Å². The fraction of sp³-hybridized carbons (Fsp3) is 1.00. The van der Waals surface area contributed by atoms with Gasteiger partial charge in [0.2, 0.25) is 0 Å². The van der Waals surface area contributed by atoms with Crippen molar-refractivity contribution in [1.82, 2.24) is 0 Å². The molecule has 0 amide bonds. The maximum Gasteiger partial charge on any atom is -0.00773 e. The van der Waals surface area contributed by atoms with Gasteiger partial charge >= 0.3 is 0 Å². The number of hydrogen-bond donors (Lipinski definition) is 1. The highest BCUT2D eigenvalue weighted by Crippen LogP contribution is 2.17. The van der Waals surface area contributed by atoms with Crippen molar-refractivity contribution in [3.05, 3.63) is 0 Å². The second-order valence-electron chi connectivity index (χ2n) is 5.44. The number of hydrogen-bond acceptors (Lipinski definition) is 1. The molecule has 0 spiro atoms. The summed E-state index contributed by atoms with van der Waals surface area (Å²) < 4.78 is 0. The molecule has 0 aliphatic carbocycles. The van der Waals surface area contributed by atoms with Gasteiger partial charge in [-0.2, -0.15) is 0 Å². The minimum absolute atomic E-state index is 0.871. The van der Waals surface area contributed by atoms with E-state index < -0.39 is 0 Å². The van der Waals surface area contributed by atoms with E-state index in [1.54, 1.807) is 0 Å². The average Bonchev–Trinajstić information content (AvgIpc) is 2.36. The molecule has 0 aromatic rings. The van der Waals surface area contributed by atoms with E-state index in [-0.39, 0.29) is 0 Å². The van der Waals surface area contributed by atoms with E-state index in [9.17, 15) is 0 Å². The second kappa shape index (κ2) is 14.0. The fourth-order valence-corrected chi connectivity index (χ4v) is 2.51. The molecule has 0 aromatic heterocycles. The maximum atomic E-state index is 5.47. The molecule has 0 aliphatic rings. The summed E-state index contributed by atoms with van der Waals surface area (Å²) in [5.74, 6) is 0.992. The Bertz CT molecular complexity index is 129. The van der Waals surface area contributed by atoms with Gasteiger partial charge in [-0.05, 0) is 18.9 Å². The van der Waals surface area contributed by atoms with Crippen LogP contribution in [-0.4, -0.2) is 6.54 Å². The molecule has 0 aliphatic heterocycles. The third kappa shape index (κ3) is 12.2. The summed E-state index contributed by atoms with van der Waals surface area (Å²) in [6.07, 6.45) is 16.8. The van der Waals surface area contributed by atoms with Crippen molar-refractivity contribution in [2.75, 3.05) is 6.54 Å². The van der Waals surface area contributed by atoms with Crippen LogP contribution in [0.15, 0.2) is 0 Å². The minimum Gasteiger partial charge on any atom is -0.330 e. The van der Waals surface area contributed by atoms with Gasteiger partial charge in [0.25, 0.3) is 0 Å². The summed E-state index contributed by atoms with van der Waals surface area (Å²) in [6.45, 7) is 5.53. The van der Waals surface area contributed by atoms with Crippen LogP contribution in [0.4, 0.5) is 0 Å². The van der Waals surface area contributed by atoms with Crippen molar-refractivity contribution in [2.24, 2.45) is 11.7 Å². The molecule has 1 heteroatoms. The zero-order valence-corrected chi connectivity index (χ0v) is 12.3. The van der Waals surface area contributed by atoms with Crippen LogP contribution in [-0.2, 0) is 0 Å². The van der Waals surface area contributed by atoms with Crippen LogP contribution < -0.4 is 5.73 Å². The highest BCUT2D eigenvalue weighted by Gasteiger charge is 2.02. The van der Waals surface area contributed by atoms with Crippen molar-refractivity contribution < 1.29 is 0 Å². The molecule has 0 saturated heterocycles. The zero-order valence-electron chi connectivity index (χ0n) is 12.3. The third-order valence-electron chi connectivity index (χ3n) is 3.97. The molecule has 0 radical (unpaired) electrons. The molecule has 0 fully saturated rings. The summed E-state index contributed by atoms with van der Waals surface area (Å²) in [4.78, 5) is 0. The van der Waals surface area contributed by atoms with E-state index in [2.05, 4.69) is 13.8 Å². The molecule has 0 heterocycles. The second-order valence-corrected chi connectivity index (χ2v) is 5.44. The first kappa shape index (κ1) is 17.0. The Hall–Kier alpha value is -0.0400. The Balaban J connectivity index is 3.03. The minimum atomic E-state index is 0.871. The van der Waals surface area contributed by atoms with Crippen molar-refractivity contribution in [1.29, 1.82) is 0 Å². The topological polar surface area (TPSA) is 26.0 Å². The lowest BCUT2D eigenvalue weighted by atomic mass is 9.95. The van der Waals surface area contributed by atoms with Gasteiger partial charge in [0.1, 0.15) is 0 Å². The average molecular weight is 241 g/mol. The molecule has 0 saturated carbocycles. The van der Waals surface area contributed by atoms with Gasteiger partial charge in [-0.15, -0.1) is 0 Å². The third-order valence-corrected chi connectivity index (χ3v) is 3.97. The summed E-state index contributed by atoms with van der Waals surface area (Å²) >= 11 is 0. The highest BCUT2D eigenvalue weighted by atomic mass is 14.5. The molecule has 0 aromatic carbocycles. The van der Waals surface area contributed by atoms with E-state index >= 15 is 0 Å². The lowest BCUT2D eigenvalue weighted by Gasteiger charge is -2.11. The quantitative estimate of drug-likeness (QED) is 0.436. The first-order valence-corrected chi connectivity index (χ1v) is 8.05. The van der Waals surface area contributed by atoms with Gasteiger partial charge in [-0.3, -0.25) is 0 Å². The highest BCUT2D eigenvalue weighted by molar-refractivity contribution is 4.55.